The summed E-state index contributed by atoms with van der Waals surface area (Å²) in [6.07, 6.45) is 1.81. The first-order chi connectivity index (χ1) is 14.8. The van der Waals surface area contributed by atoms with Crippen LogP contribution in [0, 0.1) is 10.1 Å². The highest BCUT2D eigenvalue weighted by Crippen LogP contribution is 2.26. The first-order valence-electron chi connectivity index (χ1n) is 9.59. The minimum absolute atomic E-state index is 0.0223. The lowest BCUT2D eigenvalue weighted by atomic mass is 10.1. The molecule has 1 aromatic heterocycles. The van der Waals surface area contributed by atoms with E-state index >= 15 is 0 Å². The number of nitro benzene ring substituents is 1. The van der Waals surface area contributed by atoms with Crippen LogP contribution in [-0.4, -0.2) is 64.0 Å². The lowest BCUT2D eigenvalue weighted by Crippen LogP contribution is -2.38. The number of hydrogen-bond donors (Lipinski definition) is 0. The molecule has 0 aliphatic carbocycles. The van der Waals surface area contributed by atoms with Gasteiger partial charge in [0.05, 0.1) is 29.3 Å². The number of carbonyl (C=O) groups excluding carboxylic acids is 2. The highest BCUT2D eigenvalue weighted by Gasteiger charge is 2.20. The van der Waals surface area contributed by atoms with E-state index in [1.807, 2.05) is 30.3 Å². The summed E-state index contributed by atoms with van der Waals surface area (Å²) in [5, 5.41) is 15.6. The fraction of sp³-hybridized carbons (Fsp3) is 0.227. The fourth-order valence-corrected chi connectivity index (χ4v) is 2.97. The van der Waals surface area contributed by atoms with Crippen LogP contribution in [0.5, 0.6) is 0 Å². The SMILES string of the molecule is CN(C)C(=O)CN(C)C(=O)Cc1cn(-c2ccccc2)nc1-c1ccc([N+](=O)[O-])cc1. The van der Waals surface area contributed by atoms with Gasteiger partial charge >= 0.3 is 0 Å². The largest absolute Gasteiger partial charge is 0.347 e. The third kappa shape index (κ3) is 5.13. The topological polar surface area (TPSA) is 102 Å². The Kier molecular flexibility index (Phi) is 6.44. The van der Waals surface area contributed by atoms with Crippen molar-refractivity contribution in [3.8, 4) is 16.9 Å². The van der Waals surface area contributed by atoms with Gasteiger partial charge in [-0.05, 0) is 24.3 Å². The van der Waals surface area contributed by atoms with Crippen molar-refractivity contribution < 1.29 is 14.5 Å². The van der Waals surface area contributed by atoms with Crippen molar-refractivity contribution in [2.24, 2.45) is 0 Å². The molecule has 3 aromatic rings. The molecule has 0 aliphatic rings. The van der Waals surface area contributed by atoms with E-state index in [1.165, 1.54) is 21.9 Å². The Bertz CT molecular complexity index is 1090. The molecule has 2 amide bonds. The van der Waals surface area contributed by atoms with E-state index in [0.29, 0.717) is 16.8 Å². The number of nitro groups is 1. The van der Waals surface area contributed by atoms with Crippen LogP contribution < -0.4 is 0 Å². The van der Waals surface area contributed by atoms with Crippen LogP contribution in [0.15, 0.2) is 60.8 Å². The molecule has 2 aromatic carbocycles. The second kappa shape index (κ2) is 9.21. The molecule has 9 heteroatoms. The van der Waals surface area contributed by atoms with E-state index in [0.717, 1.165) is 5.69 Å². The lowest BCUT2D eigenvalue weighted by Gasteiger charge is -2.19. The summed E-state index contributed by atoms with van der Waals surface area (Å²) in [5.74, 6) is -0.405. The van der Waals surface area contributed by atoms with Gasteiger partial charge in [0.25, 0.3) is 5.69 Å². The average molecular weight is 421 g/mol. The van der Waals surface area contributed by atoms with Gasteiger partial charge in [0, 0.05) is 50.6 Å². The third-order valence-electron chi connectivity index (χ3n) is 4.80. The second-order valence-electron chi connectivity index (χ2n) is 7.30. The number of non-ortho nitro benzene ring substituents is 1. The van der Waals surface area contributed by atoms with Gasteiger partial charge in [-0.1, -0.05) is 18.2 Å². The molecule has 0 saturated carbocycles. The Morgan fingerprint density at radius 1 is 1.00 bits per heavy atom. The zero-order valence-corrected chi connectivity index (χ0v) is 17.6. The molecule has 0 radical (unpaired) electrons. The minimum Gasteiger partial charge on any atom is -0.347 e. The molecule has 0 fully saturated rings. The maximum absolute atomic E-state index is 12.8. The molecule has 0 unspecified atom stereocenters. The van der Waals surface area contributed by atoms with Crippen molar-refractivity contribution in [3.05, 3.63) is 76.5 Å². The smallest absolute Gasteiger partial charge is 0.269 e. The zero-order valence-electron chi connectivity index (χ0n) is 17.6. The van der Waals surface area contributed by atoms with Crippen LogP contribution in [-0.2, 0) is 16.0 Å². The van der Waals surface area contributed by atoms with Crippen LogP contribution in [0.25, 0.3) is 16.9 Å². The third-order valence-corrected chi connectivity index (χ3v) is 4.80. The van der Waals surface area contributed by atoms with Gasteiger partial charge < -0.3 is 9.80 Å². The summed E-state index contributed by atoms with van der Waals surface area (Å²) in [5.41, 5.74) is 2.67. The predicted octanol–water partition coefficient (Wildman–Crippen LogP) is 2.54. The molecule has 0 bridgehead atoms. The van der Waals surface area contributed by atoms with Crippen molar-refractivity contribution >= 4 is 17.5 Å². The molecule has 160 valence electrons. The lowest BCUT2D eigenvalue weighted by molar-refractivity contribution is -0.384. The van der Waals surface area contributed by atoms with Gasteiger partial charge in [-0.3, -0.25) is 19.7 Å². The van der Waals surface area contributed by atoms with Crippen LogP contribution >= 0.6 is 0 Å². The molecule has 0 saturated heterocycles. The predicted molar refractivity (Wildman–Crippen MR) is 116 cm³/mol. The summed E-state index contributed by atoms with van der Waals surface area (Å²) in [4.78, 5) is 38.0. The Morgan fingerprint density at radius 2 is 1.65 bits per heavy atom. The van der Waals surface area contributed by atoms with E-state index in [9.17, 15) is 19.7 Å². The molecular formula is C22H23N5O4. The van der Waals surface area contributed by atoms with Gasteiger partial charge in [-0.15, -0.1) is 0 Å². The number of rotatable bonds is 7. The Labute approximate surface area is 179 Å². The van der Waals surface area contributed by atoms with Gasteiger partial charge in [0.1, 0.15) is 0 Å². The molecule has 0 aliphatic heterocycles. The normalized spacial score (nSPS) is 10.5. The number of likely N-dealkylation sites (N-methyl/N-ethyl adjacent to an activating group) is 2. The zero-order chi connectivity index (χ0) is 22.5. The summed E-state index contributed by atoms with van der Waals surface area (Å²) in [6, 6.07) is 15.5. The van der Waals surface area contributed by atoms with Crippen molar-refractivity contribution in [1.29, 1.82) is 0 Å². The number of amides is 2. The summed E-state index contributed by atoms with van der Waals surface area (Å²) in [6.45, 7) is -0.0223. The number of nitrogens with zero attached hydrogens (tertiary/aromatic N) is 5. The molecule has 3 rings (SSSR count). The van der Waals surface area contributed by atoms with E-state index in [2.05, 4.69) is 5.10 Å². The van der Waals surface area contributed by atoms with Crippen LogP contribution in [0.4, 0.5) is 5.69 Å². The Morgan fingerprint density at radius 3 is 2.23 bits per heavy atom. The summed E-state index contributed by atoms with van der Waals surface area (Å²) < 4.78 is 1.67. The quantitative estimate of drug-likeness (QED) is 0.431. The minimum atomic E-state index is -0.465. The monoisotopic (exact) mass is 421 g/mol. The van der Waals surface area contributed by atoms with Gasteiger partial charge in [-0.25, -0.2) is 4.68 Å². The van der Waals surface area contributed by atoms with Gasteiger partial charge in [-0.2, -0.15) is 5.10 Å². The average Bonchev–Trinajstić information content (AvgIpc) is 3.18. The number of aromatic nitrogens is 2. The van der Waals surface area contributed by atoms with Gasteiger partial charge in [0.2, 0.25) is 11.8 Å². The van der Waals surface area contributed by atoms with Crippen molar-refractivity contribution in [2.45, 2.75) is 6.42 Å². The molecular weight excluding hydrogens is 398 g/mol. The van der Waals surface area contributed by atoms with Crippen molar-refractivity contribution in [2.75, 3.05) is 27.7 Å². The highest BCUT2D eigenvalue weighted by atomic mass is 16.6. The molecule has 0 atom stereocenters. The Balaban J connectivity index is 1.94. The first kappa shape index (κ1) is 21.7. The van der Waals surface area contributed by atoms with E-state index in [-0.39, 0.29) is 30.5 Å². The van der Waals surface area contributed by atoms with Crippen LogP contribution in [0.1, 0.15) is 5.56 Å². The maximum Gasteiger partial charge on any atom is 0.269 e. The van der Waals surface area contributed by atoms with Crippen LogP contribution in [0.2, 0.25) is 0 Å². The molecule has 1 heterocycles. The molecule has 0 N–H and O–H groups in total. The van der Waals surface area contributed by atoms with E-state index in [4.69, 9.17) is 0 Å². The van der Waals surface area contributed by atoms with E-state index < -0.39 is 4.92 Å². The van der Waals surface area contributed by atoms with Crippen molar-refractivity contribution in [1.82, 2.24) is 19.6 Å². The van der Waals surface area contributed by atoms with E-state index in [1.54, 1.807) is 44.2 Å². The first-order valence-corrected chi connectivity index (χ1v) is 9.59. The standard InChI is InChI=1S/C22H23N5O4/c1-24(2)21(29)15-25(3)20(28)13-17-14-26(18-7-5-4-6-8-18)23-22(17)16-9-11-19(12-10-16)27(30)31/h4-12,14H,13,15H2,1-3H3. The maximum atomic E-state index is 12.8. The summed E-state index contributed by atoms with van der Waals surface area (Å²) >= 11 is 0. The Hall–Kier alpha value is -4.01. The second-order valence-corrected chi connectivity index (χ2v) is 7.30. The van der Waals surface area contributed by atoms with Crippen molar-refractivity contribution in [3.63, 3.8) is 0 Å². The molecule has 0 spiro atoms. The highest BCUT2D eigenvalue weighted by molar-refractivity contribution is 5.86. The molecule has 9 nitrogen and oxygen atoms in total. The van der Waals surface area contributed by atoms with Crippen LogP contribution in [0.3, 0.4) is 0 Å². The van der Waals surface area contributed by atoms with Gasteiger partial charge in [0.15, 0.2) is 0 Å². The number of para-hydroxylation sites is 1. The number of hydrogen-bond acceptors (Lipinski definition) is 5. The number of carbonyl (C=O) groups is 2. The number of benzene rings is 2. The summed E-state index contributed by atoms with van der Waals surface area (Å²) in [7, 11) is 4.85. The molecule has 31 heavy (non-hydrogen) atoms. The fourth-order valence-electron chi connectivity index (χ4n) is 2.97.